The van der Waals surface area contributed by atoms with Crippen LogP contribution >= 0.6 is 0 Å². The van der Waals surface area contributed by atoms with Gasteiger partial charge in [0.15, 0.2) is 17.3 Å². The second-order valence-corrected chi connectivity index (χ2v) is 6.93. The highest BCUT2D eigenvalue weighted by Gasteiger charge is 2.30. The van der Waals surface area contributed by atoms with Crippen molar-refractivity contribution in [1.82, 2.24) is 25.8 Å². The molecule has 6 bridgehead atoms. The summed E-state index contributed by atoms with van der Waals surface area (Å²) in [6, 6.07) is 4.49. The minimum absolute atomic E-state index is 0.135. The number of nitrogens with zero attached hydrogens (tertiary/aromatic N) is 2. The van der Waals surface area contributed by atoms with Gasteiger partial charge in [-0.1, -0.05) is 0 Å². The lowest BCUT2D eigenvalue weighted by molar-refractivity contribution is 0.0943. The molecule has 0 aromatic carbocycles. The topological polar surface area (TPSA) is 121 Å². The number of nitrogens with one attached hydrogen (secondary N) is 4. The molecule has 2 aromatic heterocycles. The molecule has 1 aliphatic carbocycles. The van der Waals surface area contributed by atoms with Gasteiger partial charge in [-0.25, -0.2) is 14.2 Å². The van der Waals surface area contributed by atoms with Gasteiger partial charge in [-0.3, -0.25) is 9.89 Å². The van der Waals surface area contributed by atoms with Crippen LogP contribution in [0.2, 0.25) is 0 Å². The molecule has 148 valence electrons. The number of H-pyrrole nitrogens is 1. The highest BCUT2D eigenvalue weighted by atomic mass is 19.1. The molecule has 2 amide bonds. The van der Waals surface area contributed by atoms with Gasteiger partial charge in [-0.2, -0.15) is 5.10 Å². The SMILES string of the molecule is O=C1NCCCNC(=O)c2nc(ccc2F)Nc2cc([nH]n2)[C@H]2CC[C@H](C2)O1. The van der Waals surface area contributed by atoms with Crippen molar-refractivity contribution in [2.75, 3.05) is 18.4 Å². The Labute approximate surface area is 160 Å². The number of rotatable bonds is 0. The molecule has 9 nitrogen and oxygen atoms in total. The van der Waals surface area contributed by atoms with E-state index in [4.69, 9.17) is 4.74 Å². The fourth-order valence-corrected chi connectivity index (χ4v) is 3.50. The van der Waals surface area contributed by atoms with Crippen LogP contribution in [0.25, 0.3) is 0 Å². The van der Waals surface area contributed by atoms with Crippen LogP contribution in [0.4, 0.5) is 20.8 Å². The molecular formula is C18H21FN6O3. The lowest BCUT2D eigenvalue weighted by Crippen LogP contribution is -2.32. The van der Waals surface area contributed by atoms with Gasteiger partial charge < -0.3 is 20.7 Å². The molecule has 0 saturated heterocycles. The number of pyridine rings is 1. The smallest absolute Gasteiger partial charge is 0.407 e. The summed E-state index contributed by atoms with van der Waals surface area (Å²) in [4.78, 5) is 28.2. The van der Waals surface area contributed by atoms with Crippen LogP contribution in [0, 0.1) is 5.82 Å². The number of aromatic nitrogens is 3. The lowest BCUT2D eigenvalue weighted by Gasteiger charge is -2.13. The number of carbonyl (C=O) groups excluding carboxylic acids is 2. The molecule has 4 N–H and O–H groups in total. The van der Waals surface area contributed by atoms with Gasteiger partial charge in [0.2, 0.25) is 0 Å². The predicted octanol–water partition coefficient (Wildman–Crippen LogP) is 2.18. The molecule has 3 heterocycles. The molecule has 28 heavy (non-hydrogen) atoms. The summed E-state index contributed by atoms with van der Waals surface area (Å²) in [5.74, 6) is -0.277. The molecule has 1 fully saturated rings. The van der Waals surface area contributed by atoms with Gasteiger partial charge in [0.05, 0.1) is 0 Å². The molecule has 2 aromatic rings. The average molecular weight is 388 g/mol. The predicted molar refractivity (Wildman–Crippen MR) is 97.9 cm³/mol. The largest absolute Gasteiger partial charge is 0.446 e. The van der Waals surface area contributed by atoms with E-state index in [1.54, 1.807) is 0 Å². The zero-order valence-corrected chi connectivity index (χ0v) is 15.1. The van der Waals surface area contributed by atoms with Crippen molar-refractivity contribution in [2.45, 2.75) is 37.7 Å². The number of hydrogen-bond donors (Lipinski definition) is 4. The minimum atomic E-state index is -0.709. The van der Waals surface area contributed by atoms with Gasteiger partial charge in [0.1, 0.15) is 11.9 Å². The van der Waals surface area contributed by atoms with Crippen LogP contribution < -0.4 is 16.0 Å². The van der Waals surface area contributed by atoms with Crippen LogP contribution in [-0.2, 0) is 4.74 Å². The van der Waals surface area contributed by atoms with Gasteiger partial charge in [-0.15, -0.1) is 0 Å². The van der Waals surface area contributed by atoms with E-state index in [0.29, 0.717) is 24.6 Å². The standard InChI is InChI=1S/C18H21FN6O3/c19-12-4-5-14-22-15-9-13(24-25-15)10-2-3-11(8-10)28-18(27)21-7-1-6-20-17(26)16(12)23-14/h4-5,9-11H,1-3,6-8H2,(H,20,26)(H,21,27)(H2,22,23,24,25)/t10-,11+/m0/s1. The third-order valence-electron chi connectivity index (χ3n) is 4.92. The number of fused-ring (bicyclic) bond motifs is 7. The first-order valence-electron chi connectivity index (χ1n) is 9.30. The maximum Gasteiger partial charge on any atom is 0.407 e. The van der Waals surface area contributed by atoms with E-state index in [2.05, 4.69) is 31.1 Å². The number of anilines is 2. The summed E-state index contributed by atoms with van der Waals surface area (Å²) >= 11 is 0. The maximum absolute atomic E-state index is 14.0. The molecule has 0 spiro atoms. The Balaban J connectivity index is 1.57. The van der Waals surface area contributed by atoms with Crippen LogP contribution in [-0.4, -0.2) is 46.4 Å². The van der Waals surface area contributed by atoms with Gasteiger partial charge in [0, 0.05) is 30.8 Å². The fraction of sp³-hybridized carbons (Fsp3) is 0.444. The Kier molecular flexibility index (Phi) is 5.09. The molecule has 0 unspecified atom stereocenters. The van der Waals surface area contributed by atoms with Gasteiger partial charge >= 0.3 is 6.09 Å². The van der Waals surface area contributed by atoms with Crippen LogP contribution in [0.1, 0.15) is 47.8 Å². The van der Waals surface area contributed by atoms with Crippen molar-refractivity contribution in [3.8, 4) is 0 Å². The number of hydrogen-bond acceptors (Lipinski definition) is 6. The number of carbonyl (C=O) groups is 2. The van der Waals surface area contributed by atoms with Crippen LogP contribution in [0.15, 0.2) is 18.2 Å². The number of alkyl carbamates (subject to hydrolysis) is 1. The molecule has 2 aliphatic rings. The van der Waals surface area contributed by atoms with E-state index < -0.39 is 17.8 Å². The van der Waals surface area contributed by atoms with Crippen molar-refractivity contribution in [1.29, 1.82) is 0 Å². The quantitative estimate of drug-likeness (QED) is 0.549. The average Bonchev–Trinajstić information content (AvgIpc) is 3.31. The van der Waals surface area contributed by atoms with E-state index in [9.17, 15) is 14.0 Å². The maximum atomic E-state index is 14.0. The molecule has 1 aliphatic heterocycles. The van der Waals surface area contributed by atoms with Crippen LogP contribution in [0.3, 0.4) is 0 Å². The summed E-state index contributed by atoms with van der Waals surface area (Å²) in [6.07, 6.45) is 2.29. The lowest BCUT2D eigenvalue weighted by atomic mass is 10.0. The first-order valence-corrected chi connectivity index (χ1v) is 9.30. The third kappa shape index (κ3) is 4.05. The fourth-order valence-electron chi connectivity index (χ4n) is 3.50. The Bertz CT molecular complexity index is 886. The summed E-state index contributed by atoms with van der Waals surface area (Å²) in [7, 11) is 0. The normalized spacial score (nSPS) is 22.9. The first kappa shape index (κ1) is 18.2. The van der Waals surface area contributed by atoms with Crippen molar-refractivity contribution >= 4 is 23.6 Å². The Hall–Kier alpha value is -3.17. The summed E-state index contributed by atoms with van der Waals surface area (Å²) in [5, 5.41) is 15.4. The van der Waals surface area contributed by atoms with Crippen LogP contribution in [0.5, 0.6) is 0 Å². The first-order chi connectivity index (χ1) is 13.6. The van der Waals surface area contributed by atoms with E-state index in [-0.39, 0.29) is 24.3 Å². The monoisotopic (exact) mass is 388 g/mol. The molecule has 4 rings (SSSR count). The van der Waals surface area contributed by atoms with Crippen molar-refractivity contribution < 1.29 is 18.7 Å². The summed E-state index contributed by atoms with van der Waals surface area (Å²) in [5.41, 5.74) is 0.628. The second kappa shape index (κ2) is 7.83. The molecule has 0 radical (unpaired) electrons. The Morgan fingerprint density at radius 3 is 2.86 bits per heavy atom. The second-order valence-electron chi connectivity index (χ2n) is 6.93. The molecule has 2 atom stereocenters. The van der Waals surface area contributed by atoms with E-state index in [0.717, 1.165) is 25.0 Å². The number of aromatic amines is 1. The van der Waals surface area contributed by atoms with E-state index in [1.165, 1.54) is 12.1 Å². The van der Waals surface area contributed by atoms with Crippen molar-refractivity contribution in [2.24, 2.45) is 0 Å². The molecule has 10 heteroatoms. The van der Waals surface area contributed by atoms with Crippen molar-refractivity contribution in [3.63, 3.8) is 0 Å². The number of halogens is 1. The third-order valence-corrected chi connectivity index (χ3v) is 4.92. The molecular weight excluding hydrogens is 367 g/mol. The zero-order valence-electron chi connectivity index (χ0n) is 15.1. The molecule has 1 saturated carbocycles. The minimum Gasteiger partial charge on any atom is -0.446 e. The van der Waals surface area contributed by atoms with E-state index >= 15 is 0 Å². The van der Waals surface area contributed by atoms with E-state index in [1.807, 2.05) is 6.07 Å². The highest BCUT2D eigenvalue weighted by molar-refractivity contribution is 5.93. The summed E-state index contributed by atoms with van der Waals surface area (Å²) < 4.78 is 19.5. The van der Waals surface area contributed by atoms with Gasteiger partial charge in [0.25, 0.3) is 5.91 Å². The number of amides is 2. The zero-order chi connectivity index (χ0) is 19.5. The Morgan fingerprint density at radius 2 is 1.96 bits per heavy atom. The summed E-state index contributed by atoms with van der Waals surface area (Å²) in [6.45, 7) is 0.614. The van der Waals surface area contributed by atoms with Crippen molar-refractivity contribution in [3.05, 3.63) is 35.4 Å². The highest BCUT2D eigenvalue weighted by Crippen LogP contribution is 2.36. The van der Waals surface area contributed by atoms with Gasteiger partial charge in [-0.05, 0) is 37.8 Å². The Morgan fingerprint density at radius 1 is 1.11 bits per heavy atom. The number of ether oxygens (including phenoxy) is 1.